The fraction of sp³-hybridized carbons (Fsp3) is 0.174. The molecule has 6 nitrogen and oxygen atoms in total. The Bertz CT molecular complexity index is 1150. The van der Waals surface area contributed by atoms with Crippen molar-refractivity contribution < 1.29 is 17.9 Å². The number of methoxy groups -OCH3 is 1. The smallest absolute Gasteiger partial charge is 0.337 e. The predicted molar refractivity (Wildman–Crippen MR) is 115 cm³/mol. The van der Waals surface area contributed by atoms with Gasteiger partial charge in [-0.05, 0) is 41.8 Å². The van der Waals surface area contributed by atoms with Gasteiger partial charge in [0.1, 0.15) is 11.1 Å². The summed E-state index contributed by atoms with van der Waals surface area (Å²) in [5, 5.41) is 3.35. The van der Waals surface area contributed by atoms with Crippen LogP contribution in [0.4, 0.5) is 5.69 Å². The Morgan fingerprint density at radius 1 is 0.967 bits per heavy atom. The van der Waals surface area contributed by atoms with Crippen LogP contribution in [0.15, 0.2) is 83.8 Å². The van der Waals surface area contributed by atoms with Gasteiger partial charge in [-0.1, -0.05) is 54.6 Å². The van der Waals surface area contributed by atoms with Crippen LogP contribution in [-0.2, 0) is 21.2 Å². The Balaban J connectivity index is 1.71. The number of anilines is 1. The molecular weight excluding hydrogens is 400 g/mol. The second-order valence-corrected chi connectivity index (χ2v) is 8.87. The Morgan fingerprint density at radius 2 is 1.63 bits per heavy atom. The number of rotatable bonds is 5. The SMILES string of the molecule is COC(=O)c1ccc([C@@H]2Nc3ccccc3S(=O)(=O)N2CCc2ccccc2)cc1. The molecule has 0 amide bonds. The lowest BCUT2D eigenvalue weighted by atomic mass is 10.1. The first-order valence-corrected chi connectivity index (χ1v) is 11.0. The molecule has 0 radical (unpaired) electrons. The van der Waals surface area contributed by atoms with Crippen molar-refractivity contribution >= 4 is 21.7 Å². The first kappa shape index (κ1) is 20.1. The molecule has 0 bridgehead atoms. The monoisotopic (exact) mass is 422 g/mol. The average Bonchev–Trinajstić information content (AvgIpc) is 2.78. The van der Waals surface area contributed by atoms with E-state index in [-0.39, 0.29) is 4.90 Å². The van der Waals surface area contributed by atoms with Crippen LogP contribution in [-0.4, -0.2) is 32.3 Å². The molecule has 0 saturated carbocycles. The Labute approximate surface area is 176 Å². The first-order chi connectivity index (χ1) is 14.5. The van der Waals surface area contributed by atoms with Gasteiger partial charge in [0.25, 0.3) is 0 Å². The second kappa shape index (κ2) is 8.30. The molecule has 0 aromatic heterocycles. The molecule has 0 spiro atoms. The van der Waals surface area contributed by atoms with E-state index < -0.39 is 22.2 Å². The first-order valence-electron chi connectivity index (χ1n) is 9.60. The normalized spacial score (nSPS) is 17.6. The quantitative estimate of drug-likeness (QED) is 0.633. The van der Waals surface area contributed by atoms with Gasteiger partial charge in [0, 0.05) is 6.54 Å². The number of fused-ring (bicyclic) bond motifs is 1. The lowest BCUT2D eigenvalue weighted by Gasteiger charge is -2.37. The maximum atomic E-state index is 13.4. The van der Waals surface area contributed by atoms with Crippen molar-refractivity contribution in [1.29, 1.82) is 0 Å². The van der Waals surface area contributed by atoms with E-state index in [1.807, 2.05) is 30.3 Å². The van der Waals surface area contributed by atoms with E-state index in [0.29, 0.717) is 24.2 Å². The van der Waals surface area contributed by atoms with E-state index >= 15 is 0 Å². The zero-order valence-corrected chi connectivity index (χ0v) is 17.3. The third-order valence-electron chi connectivity index (χ3n) is 5.17. The minimum Gasteiger partial charge on any atom is -0.465 e. The van der Waals surface area contributed by atoms with E-state index in [4.69, 9.17) is 4.74 Å². The minimum absolute atomic E-state index is 0.264. The summed E-state index contributed by atoms with van der Waals surface area (Å²) in [4.78, 5) is 12.0. The minimum atomic E-state index is -3.70. The van der Waals surface area contributed by atoms with Crippen LogP contribution in [0.5, 0.6) is 0 Å². The van der Waals surface area contributed by atoms with Gasteiger partial charge in [-0.2, -0.15) is 4.31 Å². The highest BCUT2D eigenvalue weighted by Crippen LogP contribution is 2.38. The summed E-state index contributed by atoms with van der Waals surface area (Å²) < 4.78 is 33.1. The Morgan fingerprint density at radius 3 is 2.33 bits per heavy atom. The third kappa shape index (κ3) is 3.81. The topological polar surface area (TPSA) is 75.7 Å². The summed E-state index contributed by atoms with van der Waals surface area (Å²) in [6.45, 7) is 0.317. The fourth-order valence-corrected chi connectivity index (χ4v) is 5.29. The molecule has 1 aliphatic rings. The fourth-order valence-electron chi connectivity index (χ4n) is 3.60. The molecule has 1 heterocycles. The summed E-state index contributed by atoms with van der Waals surface area (Å²) in [5.41, 5.74) is 2.78. The molecule has 1 N–H and O–H groups in total. The van der Waals surface area contributed by atoms with Gasteiger partial charge < -0.3 is 10.1 Å². The van der Waals surface area contributed by atoms with E-state index in [0.717, 1.165) is 11.1 Å². The Kier molecular flexibility index (Phi) is 5.57. The molecule has 0 unspecified atom stereocenters. The highest BCUT2D eigenvalue weighted by molar-refractivity contribution is 7.89. The van der Waals surface area contributed by atoms with Gasteiger partial charge in [0.05, 0.1) is 18.4 Å². The van der Waals surface area contributed by atoms with E-state index in [1.54, 1.807) is 48.5 Å². The number of sulfonamides is 1. The molecule has 1 atom stereocenters. The van der Waals surface area contributed by atoms with Crippen molar-refractivity contribution in [3.8, 4) is 0 Å². The molecule has 1 aliphatic heterocycles. The van der Waals surface area contributed by atoms with Crippen molar-refractivity contribution in [3.05, 3.63) is 95.6 Å². The number of nitrogens with one attached hydrogen (secondary N) is 1. The summed E-state index contributed by atoms with van der Waals surface area (Å²) in [7, 11) is -2.38. The number of nitrogens with zero attached hydrogens (tertiary/aromatic N) is 1. The van der Waals surface area contributed by atoms with Gasteiger partial charge in [-0.25, -0.2) is 13.2 Å². The molecule has 0 saturated heterocycles. The summed E-state index contributed by atoms with van der Waals surface area (Å²) in [6.07, 6.45) is 0.000942. The zero-order chi connectivity index (χ0) is 21.1. The van der Waals surface area contributed by atoms with Crippen LogP contribution in [0.1, 0.15) is 27.7 Å². The number of benzene rings is 3. The van der Waals surface area contributed by atoms with Crippen molar-refractivity contribution in [2.45, 2.75) is 17.5 Å². The van der Waals surface area contributed by atoms with E-state index in [2.05, 4.69) is 5.32 Å². The van der Waals surface area contributed by atoms with Crippen LogP contribution in [0, 0.1) is 0 Å². The van der Waals surface area contributed by atoms with Gasteiger partial charge >= 0.3 is 5.97 Å². The van der Waals surface area contributed by atoms with Crippen LogP contribution in [0.2, 0.25) is 0 Å². The van der Waals surface area contributed by atoms with Gasteiger partial charge in [0.2, 0.25) is 10.0 Å². The van der Waals surface area contributed by atoms with Crippen LogP contribution in [0.3, 0.4) is 0 Å². The molecule has 30 heavy (non-hydrogen) atoms. The molecule has 154 valence electrons. The number of carbonyl (C=O) groups is 1. The molecule has 3 aromatic rings. The van der Waals surface area contributed by atoms with Gasteiger partial charge in [0.15, 0.2) is 0 Å². The van der Waals surface area contributed by atoms with Crippen LogP contribution >= 0.6 is 0 Å². The largest absolute Gasteiger partial charge is 0.465 e. The van der Waals surface area contributed by atoms with Crippen LogP contribution in [0.25, 0.3) is 0 Å². The summed E-state index contributed by atoms with van der Waals surface area (Å²) in [5.74, 6) is -0.433. The number of carbonyl (C=O) groups excluding carboxylic acids is 1. The van der Waals surface area contributed by atoms with Crippen molar-refractivity contribution in [1.82, 2.24) is 4.31 Å². The van der Waals surface area contributed by atoms with E-state index in [9.17, 15) is 13.2 Å². The van der Waals surface area contributed by atoms with Crippen LogP contribution < -0.4 is 5.32 Å². The molecule has 7 heteroatoms. The zero-order valence-electron chi connectivity index (χ0n) is 16.5. The molecule has 0 aliphatic carbocycles. The lowest BCUT2D eigenvalue weighted by molar-refractivity contribution is 0.0600. The molecular formula is C23H22N2O4S. The van der Waals surface area contributed by atoms with E-state index in [1.165, 1.54) is 11.4 Å². The van der Waals surface area contributed by atoms with Crippen molar-refractivity contribution in [3.63, 3.8) is 0 Å². The van der Waals surface area contributed by atoms with Gasteiger partial charge in [-0.15, -0.1) is 0 Å². The molecule has 0 fully saturated rings. The number of esters is 1. The van der Waals surface area contributed by atoms with Gasteiger partial charge in [-0.3, -0.25) is 0 Å². The molecule has 4 rings (SSSR count). The standard InChI is InChI=1S/C23H22N2O4S/c1-29-23(26)19-13-11-18(12-14-19)22-24-20-9-5-6-10-21(20)30(27,28)25(22)16-15-17-7-3-2-4-8-17/h2-14,22,24H,15-16H2,1H3/t22-/m1/s1. The number of para-hydroxylation sites is 1. The molecule has 3 aromatic carbocycles. The van der Waals surface area contributed by atoms with Crippen molar-refractivity contribution in [2.24, 2.45) is 0 Å². The maximum absolute atomic E-state index is 13.4. The van der Waals surface area contributed by atoms with Crippen molar-refractivity contribution in [2.75, 3.05) is 19.0 Å². The average molecular weight is 423 g/mol. The number of hydrogen-bond donors (Lipinski definition) is 1. The highest BCUT2D eigenvalue weighted by atomic mass is 32.2. The maximum Gasteiger partial charge on any atom is 0.337 e. The lowest BCUT2D eigenvalue weighted by Crippen LogP contribution is -2.43. The number of hydrogen-bond acceptors (Lipinski definition) is 5. The summed E-state index contributed by atoms with van der Waals surface area (Å²) in [6, 6.07) is 23.5. The summed E-state index contributed by atoms with van der Waals surface area (Å²) >= 11 is 0. The number of ether oxygens (including phenoxy) is 1. The second-order valence-electron chi connectivity index (χ2n) is 7.01. The highest BCUT2D eigenvalue weighted by Gasteiger charge is 2.38. The predicted octanol–water partition coefficient (Wildman–Crippen LogP) is 3.83. The Hall–Kier alpha value is -3.16. The third-order valence-corrected chi connectivity index (χ3v) is 7.09.